The Morgan fingerprint density at radius 3 is 2.45 bits per heavy atom. The highest BCUT2D eigenvalue weighted by Gasteiger charge is 2.23. The third kappa shape index (κ3) is 5.94. The number of halogens is 1. The first-order valence-corrected chi connectivity index (χ1v) is 10.9. The number of aromatic nitrogens is 1. The zero-order valence-electron chi connectivity index (χ0n) is 17.7. The van der Waals surface area contributed by atoms with Gasteiger partial charge in [0.25, 0.3) is 5.91 Å². The number of nitrogens with zero attached hydrogens (tertiary/aromatic N) is 4. The van der Waals surface area contributed by atoms with Crippen molar-refractivity contribution in [2.75, 3.05) is 33.2 Å². The summed E-state index contributed by atoms with van der Waals surface area (Å²) in [5.74, 6) is 0.475. The van der Waals surface area contributed by atoms with Crippen LogP contribution in [-0.4, -0.2) is 58.8 Å². The molecule has 0 aliphatic carbocycles. The summed E-state index contributed by atoms with van der Waals surface area (Å²) < 4.78 is 5.69. The van der Waals surface area contributed by atoms with Crippen molar-refractivity contribution in [2.45, 2.75) is 19.6 Å². The lowest BCUT2D eigenvalue weighted by Crippen LogP contribution is -2.47. The summed E-state index contributed by atoms with van der Waals surface area (Å²) in [6.07, 6.45) is 1.48. The molecule has 0 N–H and O–H groups in total. The molecule has 1 amide bonds. The van der Waals surface area contributed by atoms with Gasteiger partial charge in [0.05, 0.1) is 6.54 Å². The molecular formula is C24H27ClN4O2. The van der Waals surface area contributed by atoms with Gasteiger partial charge in [-0.15, -0.1) is 0 Å². The molecule has 4 rings (SSSR count). The Kier molecular flexibility index (Phi) is 7.02. The van der Waals surface area contributed by atoms with Gasteiger partial charge in [-0.2, -0.15) is 0 Å². The standard InChI is InChI=1S/C24H27ClN4O2/c1-27-10-12-29(13-11-27)24(30)22-18-31-23(26-22)17-28(15-19-6-3-2-4-7-19)16-20-8-5-9-21(25)14-20/h2-9,14,18H,10-13,15-17H2,1H3. The normalized spacial score (nSPS) is 14.9. The lowest BCUT2D eigenvalue weighted by atomic mass is 10.1. The van der Waals surface area contributed by atoms with E-state index < -0.39 is 0 Å². The molecule has 7 heteroatoms. The number of amides is 1. The Morgan fingerprint density at radius 1 is 1.00 bits per heavy atom. The minimum absolute atomic E-state index is 0.0625. The number of piperazine rings is 1. The summed E-state index contributed by atoms with van der Waals surface area (Å²) in [6.45, 7) is 5.11. The molecule has 0 bridgehead atoms. The van der Waals surface area contributed by atoms with Crippen molar-refractivity contribution in [3.05, 3.63) is 88.6 Å². The fourth-order valence-corrected chi connectivity index (χ4v) is 3.96. The van der Waals surface area contributed by atoms with E-state index in [0.717, 1.165) is 25.2 Å². The summed E-state index contributed by atoms with van der Waals surface area (Å²) in [5, 5.41) is 0.716. The monoisotopic (exact) mass is 438 g/mol. The van der Waals surface area contributed by atoms with E-state index in [0.29, 0.717) is 42.8 Å². The smallest absolute Gasteiger partial charge is 0.275 e. The molecule has 162 valence electrons. The first kappa shape index (κ1) is 21.6. The second kappa shape index (κ2) is 10.1. The van der Waals surface area contributed by atoms with Crippen LogP contribution in [0.2, 0.25) is 5.02 Å². The van der Waals surface area contributed by atoms with Gasteiger partial charge in [0, 0.05) is 44.3 Å². The maximum absolute atomic E-state index is 12.8. The SMILES string of the molecule is CN1CCN(C(=O)c2coc(CN(Cc3ccccc3)Cc3cccc(Cl)c3)n2)CC1. The third-order valence-electron chi connectivity index (χ3n) is 5.46. The number of carbonyl (C=O) groups excluding carboxylic acids is 1. The fourth-order valence-electron chi connectivity index (χ4n) is 3.75. The molecule has 1 aliphatic heterocycles. The minimum atomic E-state index is -0.0625. The van der Waals surface area contributed by atoms with E-state index in [9.17, 15) is 4.79 Å². The van der Waals surface area contributed by atoms with Crippen LogP contribution in [0.3, 0.4) is 0 Å². The van der Waals surface area contributed by atoms with Gasteiger partial charge in [-0.1, -0.05) is 54.1 Å². The van der Waals surface area contributed by atoms with E-state index in [4.69, 9.17) is 16.0 Å². The predicted molar refractivity (Wildman–Crippen MR) is 121 cm³/mol. The van der Waals surface area contributed by atoms with Crippen LogP contribution in [0.15, 0.2) is 65.3 Å². The Hall–Kier alpha value is -2.67. The average molecular weight is 439 g/mol. The Labute approximate surface area is 188 Å². The van der Waals surface area contributed by atoms with E-state index >= 15 is 0 Å². The molecule has 0 radical (unpaired) electrons. The zero-order valence-corrected chi connectivity index (χ0v) is 18.5. The topological polar surface area (TPSA) is 52.8 Å². The van der Waals surface area contributed by atoms with Gasteiger partial charge in [0.1, 0.15) is 6.26 Å². The van der Waals surface area contributed by atoms with E-state index in [2.05, 4.69) is 40.0 Å². The summed E-state index contributed by atoms with van der Waals surface area (Å²) >= 11 is 6.18. The van der Waals surface area contributed by atoms with Crippen LogP contribution in [0.4, 0.5) is 0 Å². The molecule has 0 saturated carbocycles. The minimum Gasteiger partial charge on any atom is -0.447 e. The molecule has 2 aromatic carbocycles. The van der Waals surface area contributed by atoms with Crippen molar-refractivity contribution in [1.29, 1.82) is 0 Å². The predicted octanol–water partition coefficient (Wildman–Crippen LogP) is 3.92. The van der Waals surface area contributed by atoms with Gasteiger partial charge >= 0.3 is 0 Å². The van der Waals surface area contributed by atoms with E-state index in [1.165, 1.54) is 11.8 Å². The number of benzene rings is 2. The van der Waals surface area contributed by atoms with Crippen LogP contribution in [-0.2, 0) is 19.6 Å². The second-order valence-electron chi connectivity index (χ2n) is 7.98. The van der Waals surface area contributed by atoms with E-state index in [1.807, 2.05) is 41.3 Å². The Balaban J connectivity index is 1.46. The lowest BCUT2D eigenvalue weighted by Gasteiger charge is -2.31. The summed E-state index contributed by atoms with van der Waals surface area (Å²) in [6, 6.07) is 18.1. The molecule has 0 unspecified atom stereocenters. The third-order valence-corrected chi connectivity index (χ3v) is 5.70. The van der Waals surface area contributed by atoms with Gasteiger partial charge in [-0.3, -0.25) is 9.69 Å². The molecule has 1 aromatic heterocycles. The zero-order chi connectivity index (χ0) is 21.6. The van der Waals surface area contributed by atoms with E-state index in [-0.39, 0.29) is 5.91 Å². The Morgan fingerprint density at radius 2 is 1.71 bits per heavy atom. The highest BCUT2D eigenvalue weighted by molar-refractivity contribution is 6.30. The van der Waals surface area contributed by atoms with Crippen LogP contribution in [0, 0.1) is 0 Å². The highest BCUT2D eigenvalue weighted by Crippen LogP contribution is 2.17. The number of likely N-dealkylation sites (N-methyl/N-ethyl adjacent to an activating group) is 1. The van der Waals surface area contributed by atoms with Crippen molar-refractivity contribution < 1.29 is 9.21 Å². The maximum atomic E-state index is 12.8. The number of hydrogen-bond donors (Lipinski definition) is 0. The van der Waals surface area contributed by atoms with Crippen molar-refractivity contribution >= 4 is 17.5 Å². The van der Waals surface area contributed by atoms with Crippen LogP contribution < -0.4 is 0 Å². The van der Waals surface area contributed by atoms with Crippen molar-refractivity contribution in [3.63, 3.8) is 0 Å². The van der Waals surface area contributed by atoms with E-state index in [1.54, 1.807) is 0 Å². The van der Waals surface area contributed by atoms with Crippen molar-refractivity contribution in [2.24, 2.45) is 0 Å². The lowest BCUT2D eigenvalue weighted by molar-refractivity contribution is 0.0658. The first-order chi connectivity index (χ1) is 15.1. The molecule has 0 spiro atoms. The molecule has 1 aliphatic rings. The molecular weight excluding hydrogens is 412 g/mol. The number of rotatable bonds is 7. The number of hydrogen-bond acceptors (Lipinski definition) is 5. The van der Waals surface area contributed by atoms with Gasteiger partial charge in [-0.25, -0.2) is 4.98 Å². The highest BCUT2D eigenvalue weighted by atomic mass is 35.5. The Bertz CT molecular complexity index is 1000. The van der Waals surface area contributed by atoms with Gasteiger partial charge < -0.3 is 14.2 Å². The maximum Gasteiger partial charge on any atom is 0.275 e. The molecule has 31 heavy (non-hydrogen) atoms. The molecule has 3 aromatic rings. The molecule has 1 fully saturated rings. The molecule has 1 saturated heterocycles. The van der Waals surface area contributed by atoms with Crippen LogP contribution in [0.5, 0.6) is 0 Å². The molecule has 2 heterocycles. The molecule has 6 nitrogen and oxygen atoms in total. The quantitative estimate of drug-likeness (QED) is 0.559. The first-order valence-electron chi connectivity index (χ1n) is 10.5. The van der Waals surface area contributed by atoms with Gasteiger partial charge in [0.2, 0.25) is 5.89 Å². The summed E-state index contributed by atoms with van der Waals surface area (Å²) in [7, 11) is 2.07. The van der Waals surface area contributed by atoms with Gasteiger partial charge in [0.15, 0.2) is 5.69 Å². The van der Waals surface area contributed by atoms with Crippen LogP contribution in [0.25, 0.3) is 0 Å². The van der Waals surface area contributed by atoms with Crippen molar-refractivity contribution in [1.82, 2.24) is 19.7 Å². The van der Waals surface area contributed by atoms with Crippen molar-refractivity contribution in [3.8, 4) is 0 Å². The largest absolute Gasteiger partial charge is 0.447 e. The average Bonchev–Trinajstić information content (AvgIpc) is 3.23. The summed E-state index contributed by atoms with van der Waals surface area (Å²) in [4.78, 5) is 23.6. The number of carbonyl (C=O) groups is 1. The number of oxazole rings is 1. The molecule has 0 atom stereocenters. The second-order valence-corrected chi connectivity index (χ2v) is 8.42. The summed E-state index contributed by atoms with van der Waals surface area (Å²) in [5.41, 5.74) is 2.69. The fraction of sp³-hybridized carbons (Fsp3) is 0.333. The van der Waals surface area contributed by atoms with Crippen LogP contribution >= 0.6 is 11.6 Å². The van der Waals surface area contributed by atoms with Crippen LogP contribution in [0.1, 0.15) is 27.5 Å². The van der Waals surface area contributed by atoms with Gasteiger partial charge in [-0.05, 0) is 30.3 Å².